The van der Waals surface area contributed by atoms with Crippen LogP contribution in [0, 0.1) is 0 Å². The maximum atomic E-state index is 6.76. The molecule has 228 valence electrons. The van der Waals surface area contributed by atoms with E-state index < -0.39 is 0 Å². The number of furan rings is 1. The van der Waals surface area contributed by atoms with Gasteiger partial charge in [-0.15, -0.1) is 0 Å². The lowest BCUT2D eigenvalue weighted by atomic mass is 9.93. The van der Waals surface area contributed by atoms with Crippen LogP contribution in [0.25, 0.3) is 105 Å². The zero-order chi connectivity index (χ0) is 32.1. The average Bonchev–Trinajstić information content (AvgIpc) is 3.84. The van der Waals surface area contributed by atoms with E-state index in [2.05, 4.69) is 126 Å². The molecule has 49 heavy (non-hydrogen) atoms. The Labute approximate surface area is 280 Å². The van der Waals surface area contributed by atoms with Crippen LogP contribution in [0.5, 0.6) is 0 Å². The third-order valence-electron chi connectivity index (χ3n) is 9.96. The van der Waals surface area contributed by atoms with E-state index in [1.54, 1.807) is 0 Å². The van der Waals surface area contributed by atoms with Gasteiger partial charge in [-0.2, -0.15) is 0 Å². The summed E-state index contributed by atoms with van der Waals surface area (Å²) in [6.07, 6.45) is 0. The molecule has 0 aliphatic rings. The van der Waals surface area contributed by atoms with E-state index in [4.69, 9.17) is 13.8 Å². The summed E-state index contributed by atoms with van der Waals surface area (Å²) in [6.45, 7) is 0. The van der Waals surface area contributed by atoms with Crippen LogP contribution in [0.15, 0.2) is 167 Å². The van der Waals surface area contributed by atoms with Crippen molar-refractivity contribution in [1.29, 1.82) is 0 Å². The van der Waals surface area contributed by atoms with Crippen molar-refractivity contribution < 1.29 is 8.83 Å². The Hall–Kier alpha value is -6.65. The molecule has 8 aromatic carbocycles. The summed E-state index contributed by atoms with van der Waals surface area (Å²) in [5, 5.41) is 9.42. The largest absolute Gasteiger partial charge is 0.456 e. The molecule has 11 rings (SSSR count). The van der Waals surface area contributed by atoms with Crippen LogP contribution in [0.4, 0.5) is 0 Å². The summed E-state index contributed by atoms with van der Waals surface area (Å²) < 4.78 is 15.3. The zero-order valence-corrected chi connectivity index (χ0v) is 26.2. The molecule has 0 saturated carbocycles. The van der Waals surface area contributed by atoms with Gasteiger partial charge in [0.05, 0.1) is 11.0 Å². The third-order valence-corrected chi connectivity index (χ3v) is 9.96. The first-order valence-corrected chi connectivity index (χ1v) is 16.5. The normalized spacial score (nSPS) is 12.1. The first kappa shape index (κ1) is 26.4. The van der Waals surface area contributed by atoms with Gasteiger partial charge in [-0.05, 0) is 87.8 Å². The fourth-order valence-corrected chi connectivity index (χ4v) is 7.75. The molecule has 0 unspecified atom stereocenters. The first-order chi connectivity index (χ1) is 24.3. The minimum atomic E-state index is 0.621. The lowest BCUT2D eigenvalue weighted by Crippen LogP contribution is -1.93. The summed E-state index contributed by atoms with van der Waals surface area (Å²) in [7, 11) is 0. The summed E-state index contributed by atoms with van der Waals surface area (Å²) in [6, 6.07) is 55.6. The van der Waals surface area contributed by atoms with Gasteiger partial charge in [0, 0.05) is 44.4 Å². The lowest BCUT2D eigenvalue weighted by Gasteiger charge is -2.10. The van der Waals surface area contributed by atoms with Crippen molar-refractivity contribution >= 4 is 76.4 Å². The zero-order valence-electron chi connectivity index (χ0n) is 26.2. The number of hydrogen-bond donors (Lipinski definition) is 0. The van der Waals surface area contributed by atoms with Gasteiger partial charge >= 0.3 is 0 Å². The van der Waals surface area contributed by atoms with Gasteiger partial charge in [0.1, 0.15) is 16.7 Å². The Morgan fingerprint density at radius 3 is 2.06 bits per heavy atom. The number of nitrogens with zero attached hydrogens (tertiary/aromatic N) is 2. The molecular formula is C45H26N2O2. The molecule has 3 heterocycles. The lowest BCUT2D eigenvalue weighted by molar-refractivity contribution is 0.620. The smallest absolute Gasteiger partial charge is 0.227 e. The minimum absolute atomic E-state index is 0.621. The maximum Gasteiger partial charge on any atom is 0.227 e. The fraction of sp³-hybridized carbons (Fsp3) is 0. The van der Waals surface area contributed by atoms with E-state index in [9.17, 15) is 0 Å². The Kier molecular flexibility index (Phi) is 5.35. The van der Waals surface area contributed by atoms with Crippen LogP contribution in [-0.2, 0) is 0 Å². The number of rotatable bonds is 3. The highest BCUT2D eigenvalue weighted by Gasteiger charge is 2.20. The topological polar surface area (TPSA) is 44.1 Å². The second-order valence-corrected chi connectivity index (χ2v) is 12.8. The van der Waals surface area contributed by atoms with Crippen LogP contribution < -0.4 is 0 Å². The second kappa shape index (κ2) is 9.93. The molecule has 4 heteroatoms. The minimum Gasteiger partial charge on any atom is -0.456 e. The van der Waals surface area contributed by atoms with Crippen LogP contribution in [0.3, 0.4) is 0 Å². The molecule has 0 amide bonds. The Morgan fingerprint density at radius 2 is 1.18 bits per heavy atom. The van der Waals surface area contributed by atoms with Crippen LogP contribution in [0.1, 0.15) is 0 Å². The van der Waals surface area contributed by atoms with Crippen molar-refractivity contribution in [1.82, 2.24) is 9.55 Å². The molecule has 0 saturated heterocycles. The van der Waals surface area contributed by atoms with Gasteiger partial charge in [0.2, 0.25) is 5.89 Å². The summed E-state index contributed by atoms with van der Waals surface area (Å²) in [5.74, 6) is 0.621. The van der Waals surface area contributed by atoms with Gasteiger partial charge in [0.25, 0.3) is 0 Å². The molecule has 0 radical (unpaired) electrons. The molecule has 0 spiro atoms. The second-order valence-electron chi connectivity index (χ2n) is 12.8. The number of fused-ring (bicyclic) bond motifs is 9. The molecule has 0 atom stereocenters. The number of aromatic nitrogens is 2. The number of hydrogen-bond acceptors (Lipinski definition) is 3. The predicted molar refractivity (Wildman–Crippen MR) is 202 cm³/mol. The number of oxazole rings is 1. The molecule has 0 aliphatic carbocycles. The number of para-hydroxylation sites is 1. The van der Waals surface area contributed by atoms with Crippen LogP contribution in [0.2, 0.25) is 0 Å². The Bertz CT molecular complexity index is 3110. The highest BCUT2D eigenvalue weighted by atomic mass is 16.3. The summed E-state index contributed by atoms with van der Waals surface area (Å²) >= 11 is 0. The van der Waals surface area contributed by atoms with Gasteiger partial charge in [-0.25, -0.2) is 4.98 Å². The van der Waals surface area contributed by atoms with Gasteiger partial charge < -0.3 is 13.4 Å². The van der Waals surface area contributed by atoms with Crippen molar-refractivity contribution in [3.8, 4) is 28.3 Å². The number of benzene rings is 8. The van der Waals surface area contributed by atoms with Gasteiger partial charge in [-0.1, -0.05) is 91.0 Å². The fourth-order valence-electron chi connectivity index (χ4n) is 7.75. The van der Waals surface area contributed by atoms with E-state index in [0.29, 0.717) is 5.89 Å². The van der Waals surface area contributed by atoms with Gasteiger partial charge in [-0.3, -0.25) is 0 Å². The van der Waals surface area contributed by atoms with Crippen LogP contribution >= 0.6 is 0 Å². The van der Waals surface area contributed by atoms with E-state index in [0.717, 1.165) is 60.8 Å². The third kappa shape index (κ3) is 3.89. The van der Waals surface area contributed by atoms with Crippen molar-refractivity contribution in [2.45, 2.75) is 0 Å². The molecule has 4 nitrogen and oxygen atoms in total. The van der Waals surface area contributed by atoms with Crippen molar-refractivity contribution in [2.24, 2.45) is 0 Å². The van der Waals surface area contributed by atoms with E-state index in [-0.39, 0.29) is 0 Å². The average molecular weight is 627 g/mol. The standard InChI is InChI=1S/C45H26N2O2/c1-2-10-27(11-3-1)45-46-37-23-31(18-21-40(37)49-45)43-33-15-7-6-14-30(33)25-42-44(43)35-20-19-32(26-41(35)48-42)47-38-17-9-8-16-34(38)36-22-28-12-4-5-13-29(28)24-39(36)47/h1-26H. The predicted octanol–water partition coefficient (Wildman–Crippen LogP) is 12.5. The summed E-state index contributed by atoms with van der Waals surface area (Å²) in [5.41, 5.74) is 9.88. The SMILES string of the molecule is c1ccc(-c2nc3cc(-c4c5ccccc5cc5oc6cc(-n7c8ccccc8c8cc9ccccc9cc87)ccc6c45)ccc3o2)cc1. The molecule has 0 N–H and O–H groups in total. The van der Waals surface area contributed by atoms with E-state index in [1.165, 1.54) is 38.0 Å². The maximum absolute atomic E-state index is 6.76. The van der Waals surface area contributed by atoms with Crippen molar-refractivity contribution in [3.05, 3.63) is 158 Å². The Morgan fingerprint density at radius 1 is 0.429 bits per heavy atom. The first-order valence-electron chi connectivity index (χ1n) is 16.5. The highest BCUT2D eigenvalue weighted by molar-refractivity contribution is 6.21. The summed E-state index contributed by atoms with van der Waals surface area (Å²) in [4.78, 5) is 4.90. The van der Waals surface area contributed by atoms with Crippen LogP contribution in [-0.4, -0.2) is 9.55 Å². The van der Waals surface area contributed by atoms with Crippen molar-refractivity contribution in [3.63, 3.8) is 0 Å². The Balaban J connectivity index is 1.15. The molecule has 11 aromatic rings. The van der Waals surface area contributed by atoms with E-state index in [1.807, 2.05) is 36.4 Å². The molecule has 0 fully saturated rings. The van der Waals surface area contributed by atoms with E-state index >= 15 is 0 Å². The van der Waals surface area contributed by atoms with Crippen molar-refractivity contribution in [2.75, 3.05) is 0 Å². The molecular weight excluding hydrogens is 601 g/mol. The molecule has 0 aliphatic heterocycles. The quantitative estimate of drug-likeness (QED) is 0.196. The van der Waals surface area contributed by atoms with Gasteiger partial charge in [0.15, 0.2) is 5.58 Å². The monoisotopic (exact) mass is 626 g/mol. The molecule has 3 aromatic heterocycles. The highest BCUT2D eigenvalue weighted by Crippen LogP contribution is 2.44. The molecule has 0 bridgehead atoms.